The molecule has 0 unspecified atom stereocenters. The van der Waals surface area contributed by atoms with E-state index in [2.05, 4.69) is 220 Å². The van der Waals surface area contributed by atoms with E-state index in [0.717, 1.165) is 0 Å². The minimum absolute atomic E-state index is 0.0000422. The van der Waals surface area contributed by atoms with E-state index in [1.165, 1.54) is 186 Å². The zero-order valence-electron chi connectivity index (χ0n) is 42.4. The SMILES string of the molecule is CC1(C)C=Cc2cc(N(c3cccc4ccccc34)c3cc(C4CCCCC4)c4ccc5c(N(c6ccc7c(c6)C=CC7(C)C)c6cccc7ccccc67)cc(C6CCCCC6)c6ccc3c4c65)ccc21. The Balaban J connectivity index is 1.11. The van der Waals surface area contributed by atoms with Crippen LogP contribution in [0.15, 0.2) is 170 Å². The molecule has 2 heteroatoms. The molecule has 2 fully saturated rings. The maximum Gasteiger partial charge on any atom is 0.0543 e. The van der Waals surface area contributed by atoms with Crippen molar-refractivity contribution < 1.29 is 0 Å². The van der Waals surface area contributed by atoms with Crippen LogP contribution < -0.4 is 9.80 Å². The van der Waals surface area contributed by atoms with E-state index in [1.54, 1.807) is 0 Å². The molecule has 4 aliphatic carbocycles. The van der Waals surface area contributed by atoms with Crippen molar-refractivity contribution in [1.82, 2.24) is 0 Å². The molecule has 4 aliphatic rings. The third-order valence-corrected chi connectivity index (χ3v) is 17.8. The van der Waals surface area contributed by atoms with Crippen LogP contribution in [0, 0.1) is 0 Å². The maximum atomic E-state index is 2.65. The van der Waals surface area contributed by atoms with E-state index in [1.807, 2.05) is 0 Å². The van der Waals surface area contributed by atoms with Gasteiger partial charge in [0.05, 0.1) is 22.7 Å². The number of nitrogens with zero attached hydrogens (tertiary/aromatic N) is 2. The van der Waals surface area contributed by atoms with Gasteiger partial charge in [-0.3, -0.25) is 0 Å². The number of rotatable bonds is 8. The number of benzene rings is 10. The Morgan fingerprint density at radius 2 is 0.764 bits per heavy atom. The first-order valence-corrected chi connectivity index (χ1v) is 27.2. The highest BCUT2D eigenvalue weighted by Gasteiger charge is 2.32. The number of hydrogen-bond acceptors (Lipinski definition) is 2. The first-order chi connectivity index (χ1) is 35.2. The van der Waals surface area contributed by atoms with Gasteiger partial charge >= 0.3 is 0 Å². The van der Waals surface area contributed by atoms with Gasteiger partial charge < -0.3 is 9.80 Å². The summed E-state index contributed by atoms with van der Waals surface area (Å²) in [6.07, 6.45) is 22.2. The zero-order valence-corrected chi connectivity index (χ0v) is 42.4. The van der Waals surface area contributed by atoms with Gasteiger partial charge in [-0.1, -0.05) is 200 Å². The molecule has 0 atom stereocenters. The Bertz CT molecular complexity index is 3590. The van der Waals surface area contributed by atoms with Crippen LogP contribution in [0.3, 0.4) is 0 Å². The Morgan fingerprint density at radius 3 is 1.21 bits per heavy atom. The summed E-state index contributed by atoms with van der Waals surface area (Å²) in [5.74, 6) is 0.988. The lowest BCUT2D eigenvalue weighted by atomic mass is 9.77. The monoisotopic (exact) mass is 933 g/mol. The van der Waals surface area contributed by atoms with Gasteiger partial charge in [0, 0.05) is 43.7 Å². The van der Waals surface area contributed by atoms with E-state index in [0.29, 0.717) is 11.8 Å². The average Bonchev–Trinajstić information content (AvgIpc) is 3.90. The molecule has 0 bridgehead atoms. The summed E-state index contributed by atoms with van der Waals surface area (Å²) in [5.41, 5.74) is 15.9. The summed E-state index contributed by atoms with van der Waals surface area (Å²) < 4.78 is 0. The number of hydrogen-bond donors (Lipinski definition) is 0. The third-order valence-electron chi connectivity index (χ3n) is 17.8. The van der Waals surface area contributed by atoms with Gasteiger partial charge in [-0.15, -0.1) is 0 Å². The van der Waals surface area contributed by atoms with Crippen molar-refractivity contribution in [2.75, 3.05) is 9.80 Å². The van der Waals surface area contributed by atoms with Crippen LogP contribution in [-0.4, -0.2) is 0 Å². The molecule has 10 aromatic rings. The van der Waals surface area contributed by atoms with Gasteiger partial charge in [0.1, 0.15) is 0 Å². The van der Waals surface area contributed by atoms with Crippen molar-refractivity contribution in [3.63, 3.8) is 0 Å². The molecular formula is C70H64N2. The van der Waals surface area contributed by atoms with Crippen molar-refractivity contribution in [2.45, 2.75) is 115 Å². The fourth-order valence-electron chi connectivity index (χ4n) is 14.1. The normalized spacial score (nSPS) is 17.4. The van der Waals surface area contributed by atoms with Gasteiger partial charge in [-0.25, -0.2) is 0 Å². The molecule has 14 rings (SSSR count). The highest BCUT2D eigenvalue weighted by Crippen LogP contribution is 2.55. The first-order valence-electron chi connectivity index (χ1n) is 27.2. The fourth-order valence-corrected chi connectivity index (χ4v) is 14.1. The second kappa shape index (κ2) is 16.7. The summed E-state index contributed by atoms with van der Waals surface area (Å²) in [6, 6.07) is 61.8. The van der Waals surface area contributed by atoms with Gasteiger partial charge in [0.25, 0.3) is 0 Å². The van der Waals surface area contributed by atoms with Crippen molar-refractivity contribution in [3.8, 4) is 0 Å². The minimum Gasteiger partial charge on any atom is -0.309 e. The van der Waals surface area contributed by atoms with Crippen LogP contribution in [0.1, 0.15) is 137 Å². The molecule has 354 valence electrons. The second-order valence-corrected chi connectivity index (χ2v) is 23.0. The molecule has 0 radical (unpaired) electrons. The van der Waals surface area contributed by atoms with Crippen molar-refractivity contribution in [2.24, 2.45) is 0 Å². The summed E-state index contributed by atoms with van der Waals surface area (Å²) >= 11 is 0. The molecule has 0 heterocycles. The third kappa shape index (κ3) is 6.88. The first kappa shape index (κ1) is 43.6. The Morgan fingerprint density at radius 1 is 0.361 bits per heavy atom. The van der Waals surface area contributed by atoms with Crippen molar-refractivity contribution >= 4 is 100 Å². The Labute approximate surface area is 425 Å². The average molecular weight is 933 g/mol. The summed E-state index contributed by atoms with van der Waals surface area (Å²) in [4.78, 5) is 5.29. The molecule has 10 aromatic carbocycles. The molecule has 0 N–H and O–H groups in total. The quantitative estimate of drug-likeness (QED) is 0.140. The molecular weight excluding hydrogens is 869 g/mol. The van der Waals surface area contributed by atoms with Gasteiger partial charge in [0.2, 0.25) is 0 Å². The van der Waals surface area contributed by atoms with E-state index < -0.39 is 0 Å². The molecule has 72 heavy (non-hydrogen) atoms. The smallest absolute Gasteiger partial charge is 0.0543 e. The molecule has 0 spiro atoms. The van der Waals surface area contributed by atoms with Crippen LogP contribution in [0.5, 0.6) is 0 Å². The molecule has 0 amide bonds. The molecule has 2 saturated carbocycles. The minimum atomic E-state index is 0.0000422. The molecule has 0 saturated heterocycles. The largest absolute Gasteiger partial charge is 0.309 e. The highest BCUT2D eigenvalue weighted by molar-refractivity contribution is 6.30. The van der Waals surface area contributed by atoms with E-state index >= 15 is 0 Å². The number of anilines is 6. The standard InChI is InChI=1S/C70H64N2/c1-69(2)39-37-49-41-51(29-35-61(49)69)71(63-27-15-23-45-21-11-13-25-53(45)63)65-43-59(47-17-7-5-8-18-47)55-32-34-58-66(44-60(48-19-9-6-10-20-48)56-31-33-57(65)67(55)68(56)58)72(64-28-16-24-46-22-12-14-26-54(46)64)52-30-36-62-50(42-52)38-40-70(62,3)4/h11-16,21-44,47-48H,5-10,17-20H2,1-4H3. The Hall–Kier alpha value is -7.16. The summed E-state index contributed by atoms with van der Waals surface area (Å²) in [7, 11) is 0. The highest BCUT2D eigenvalue weighted by atomic mass is 15.2. The van der Waals surface area contributed by atoms with Crippen molar-refractivity contribution in [1.29, 1.82) is 0 Å². The molecule has 0 aromatic heterocycles. The van der Waals surface area contributed by atoms with E-state index in [-0.39, 0.29) is 10.8 Å². The lowest BCUT2D eigenvalue weighted by molar-refractivity contribution is 0.445. The predicted octanol–water partition coefficient (Wildman–Crippen LogP) is 20.5. The van der Waals surface area contributed by atoms with Crippen LogP contribution >= 0.6 is 0 Å². The van der Waals surface area contributed by atoms with Crippen LogP contribution in [-0.2, 0) is 10.8 Å². The second-order valence-electron chi connectivity index (χ2n) is 23.0. The summed E-state index contributed by atoms with van der Waals surface area (Å²) in [6.45, 7) is 9.37. The van der Waals surface area contributed by atoms with Crippen molar-refractivity contribution in [3.05, 3.63) is 203 Å². The topological polar surface area (TPSA) is 6.48 Å². The predicted molar refractivity (Wildman–Crippen MR) is 310 cm³/mol. The van der Waals surface area contributed by atoms with Gasteiger partial charge in [0.15, 0.2) is 0 Å². The Kier molecular flexibility index (Phi) is 10.1. The number of allylic oxidation sites excluding steroid dienone is 2. The van der Waals surface area contributed by atoms with E-state index in [9.17, 15) is 0 Å². The van der Waals surface area contributed by atoms with Crippen LogP contribution in [0.25, 0.3) is 66.0 Å². The maximum absolute atomic E-state index is 2.65. The zero-order chi connectivity index (χ0) is 48.3. The van der Waals surface area contributed by atoms with Gasteiger partial charge in [-0.2, -0.15) is 0 Å². The lowest BCUT2D eigenvalue weighted by Crippen LogP contribution is -2.16. The fraction of sp³-hybridized carbons (Fsp3) is 0.257. The molecule has 2 nitrogen and oxygen atoms in total. The van der Waals surface area contributed by atoms with Crippen LogP contribution in [0.4, 0.5) is 34.1 Å². The van der Waals surface area contributed by atoms with Gasteiger partial charge in [-0.05, 0) is 152 Å². The van der Waals surface area contributed by atoms with E-state index in [4.69, 9.17) is 0 Å². The summed E-state index contributed by atoms with van der Waals surface area (Å²) in [5, 5.41) is 13.4. The number of fused-ring (bicyclic) bond motifs is 4. The lowest BCUT2D eigenvalue weighted by Gasteiger charge is -2.34. The van der Waals surface area contributed by atoms with Crippen LogP contribution in [0.2, 0.25) is 0 Å². The molecule has 0 aliphatic heterocycles.